The minimum absolute atomic E-state index is 0.137. The number of rotatable bonds is 5. The fraction of sp³-hybridized carbons (Fsp3) is 0.692. The van der Waals surface area contributed by atoms with Crippen LogP contribution in [0.2, 0.25) is 0 Å². The van der Waals surface area contributed by atoms with Gasteiger partial charge in [0, 0.05) is 19.1 Å². The van der Waals surface area contributed by atoms with E-state index in [-0.39, 0.29) is 17.4 Å². The fourth-order valence-corrected chi connectivity index (χ4v) is 7.69. The van der Waals surface area contributed by atoms with Gasteiger partial charge in [0.2, 0.25) is 11.8 Å². The molecule has 0 N–H and O–H groups in total. The molecule has 6 fully saturated rings. The Morgan fingerprint density at radius 3 is 2.17 bits per heavy atom. The van der Waals surface area contributed by atoms with Crippen molar-refractivity contribution in [2.75, 3.05) is 6.54 Å². The molecular formula is C26H34N2O2. The third kappa shape index (κ3) is 3.18. The maximum Gasteiger partial charge on any atom is 0.245 e. The average molecular weight is 407 g/mol. The molecule has 1 aliphatic heterocycles. The van der Waals surface area contributed by atoms with Crippen molar-refractivity contribution in [3.8, 4) is 0 Å². The molecule has 4 nitrogen and oxygen atoms in total. The summed E-state index contributed by atoms with van der Waals surface area (Å²) in [6, 6.07) is 10.5. The van der Waals surface area contributed by atoms with Crippen molar-refractivity contribution in [2.24, 2.45) is 23.2 Å². The molecule has 1 aromatic rings. The Morgan fingerprint density at radius 2 is 1.57 bits per heavy atom. The second-order valence-electron chi connectivity index (χ2n) is 11.0. The molecule has 1 saturated heterocycles. The number of carbonyl (C=O) groups is 2. The second-order valence-corrected chi connectivity index (χ2v) is 11.0. The van der Waals surface area contributed by atoms with E-state index in [1.165, 1.54) is 24.8 Å². The Bertz CT molecular complexity index is 795. The summed E-state index contributed by atoms with van der Waals surface area (Å²) in [6.45, 7) is 1.46. The van der Waals surface area contributed by atoms with Gasteiger partial charge < -0.3 is 9.80 Å². The van der Waals surface area contributed by atoms with E-state index in [0.29, 0.717) is 18.5 Å². The normalized spacial score (nSPS) is 36.9. The molecule has 6 aliphatic rings. The smallest absolute Gasteiger partial charge is 0.245 e. The predicted octanol–water partition coefficient (Wildman–Crippen LogP) is 4.39. The van der Waals surface area contributed by atoms with Crippen molar-refractivity contribution in [3.63, 3.8) is 0 Å². The number of likely N-dealkylation sites (tertiary alicyclic amines) is 1. The van der Waals surface area contributed by atoms with E-state index in [1.54, 1.807) is 0 Å². The first-order valence-corrected chi connectivity index (χ1v) is 12.3. The molecule has 5 saturated carbocycles. The predicted molar refractivity (Wildman–Crippen MR) is 115 cm³/mol. The van der Waals surface area contributed by atoms with Gasteiger partial charge >= 0.3 is 0 Å². The van der Waals surface area contributed by atoms with Crippen LogP contribution in [-0.2, 0) is 16.1 Å². The van der Waals surface area contributed by atoms with Crippen molar-refractivity contribution >= 4 is 11.8 Å². The van der Waals surface area contributed by atoms with Crippen LogP contribution in [0.5, 0.6) is 0 Å². The zero-order chi connectivity index (χ0) is 20.3. The monoisotopic (exact) mass is 406 g/mol. The maximum absolute atomic E-state index is 13.9. The van der Waals surface area contributed by atoms with E-state index in [1.807, 2.05) is 23.1 Å². The summed E-state index contributed by atoms with van der Waals surface area (Å²) in [5.41, 5.74) is 1.05. The highest BCUT2D eigenvalue weighted by molar-refractivity contribution is 5.91. The van der Waals surface area contributed by atoms with Crippen LogP contribution in [0.4, 0.5) is 0 Å². The lowest BCUT2D eigenvalue weighted by Crippen LogP contribution is -2.57. The Kier molecular flexibility index (Phi) is 4.47. The zero-order valence-electron chi connectivity index (χ0n) is 18.0. The third-order valence-corrected chi connectivity index (χ3v) is 8.76. The molecule has 160 valence electrons. The molecule has 7 rings (SSSR count). The summed E-state index contributed by atoms with van der Waals surface area (Å²) in [5, 5.41) is 0. The van der Waals surface area contributed by atoms with E-state index in [0.717, 1.165) is 69.2 Å². The topological polar surface area (TPSA) is 40.6 Å². The molecule has 4 bridgehead atoms. The minimum Gasteiger partial charge on any atom is -0.334 e. The zero-order valence-corrected chi connectivity index (χ0v) is 18.0. The first-order valence-electron chi connectivity index (χ1n) is 12.3. The van der Waals surface area contributed by atoms with Gasteiger partial charge in [-0.15, -0.1) is 0 Å². The highest BCUT2D eigenvalue weighted by Crippen LogP contribution is 2.60. The van der Waals surface area contributed by atoms with Gasteiger partial charge in [0.25, 0.3) is 0 Å². The van der Waals surface area contributed by atoms with Gasteiger partial charge in [0.1, 0.15) is 6.04 Å². The largest absolute Gasteiger partial charge is 0.334 e. The Labute approximate surface area is 180 Å². The lowest BCUT2D eigenvalue weighted by atomic mass is 9.49. The molecule has 1 aromatic carbocycles. The summed E-state index contributed by atoms with van der Waals surface area (Å²) >= 11 is 0. The molecule has 4 heteroatoms. The number of hydrogen-bond acceptors (Lipinski definition) is 2. The quantitative estimate of drug-likeness (QED) is 0.728. The number of benzene rings is 1. The lowest BCUT2D eigenvalue weighted by molar-refractivity contribution is -0.162. The maximum atomic E-state index is 13.9. The van der Waals surface area contributed by atoms with Crippen molar-refractivity contribution in [3.05, 3.63) is 35.9 Å². The summed E-state index contributed by atoms with van der Waals surface area (Å²) < 4.78 is 0. The van der Waals surface area contributed by atoms with E-state index < -0.39 is 0 Å². The molecule has 0 radical (unpaired) electrons. The molecule has 1 atom stereocenters. The highest BCUT2D eigenvalue weighted by Gasteiger charge is 2.57. The molecule has 1 unspecified atom stereocenters. The SMILES string of the molecule is O=C(C1CCCN1C(=O)C12CC3CC(CC(C3)C1)C2)N(Cc1ccccc1)C1CC1. The highest BCUT2D eigenvalue weighted by atomic mass is 16.2. The van der Waals surface area contributed by atoms with Crippen LogP contribution in [0.25, 0.3) is 0 Å². The molecule has 2 amide bonds. The number of carbonyl (C=O) groups excluding carboxylic acids is 2. The molecule has 0 aromatic heterocycles. The third-order valence-electron chi connectivity index (χ3n) is 8.76. The second kappa shape index (κ2) is 7.10. The Balaban J connectivity index is 1.22. The molecular weight excluding hydrogens is 372 g/mol. The first kappa shape index (κ1) is 18.9. The van der Waals surface area contributed by atoms with Gasteiger partial charge in [-0.25, -0.2) is 0 Å². The first-order chi connectivity index (χ1) is 14.6. The van der Waals surface area contributed by atoms with Crippen LogP contribution >= 0.6 is 0 Å². The van der Waals surface area contributed by atoms with Crippen molar-refractivity contribution in [1.29, 1.82) is 0 Å². The average Bonchev–Trinajstić information content (AvgIpc) is 3.46. The van der Waals surface area contributed by atoms with Crippen LogP contribution < -0.4 is 0 Å². The van der Waals surface area contributed by atoms with Gasteiger partial charge in [-0.05, 0) is 87.5 Å². The van der Waals surface area contributed by atoms with Gasteiger partial charge in [0.05, 0.1) is 5.41 Å². The van der Waals surface area contributed by atoms with Gasteiger partial charge in [-0.1, -0.05) is 30.3 Å². The van der Waals surface area contributed by atoms with Gasteiger partial charge in [0.15, 0.2) is 0 Å². The van der Waals surface area contributed by atoms with Gasteiger partial charge in [-0.3, -0.25) is 9.59 Å². The number of hydrogen-bond donors (Lipinski definition) is 0. The molecule has 30 heavy (non-hydrogen) atoms. The fourth-order valence-electron chi connectivity index (χ4n) is 7.69. The van der Waals surface area contributed by atoms with E-state index in [9.17, 15) is 9.59 Å². The van der Waals surface area contributed by atoms with Gasteiger partial charge in [-0.2, -0.15) is 0 Å². The van der Waals surface area contributed by atoms with Crippen LogP contribution in [0.15, 0.2) is 30.3 Å². The summed E-state index contributed by atoms with van der Waals surface area (Å²) in [6.07, 6.45) is 11.3. The van der Waals surface area contributed by atoms with Crippen LogP contribution in [-0.4, -0.2) is 40.2 Å². The van der Waals surface area contributed by atoms with Crippen LogP contribution in [0, 0.1) is 23.2 Å². The van der Waals surface area contributed by atoms with Crippen LogP contribution in [0.1, 0.15) is 69.8 Å². The summed E-state index contributed by atoms with van der Waals surface area (Å²) in [4.78, 5) is 31.8. The van der Waals surface area contributed by atoms with Crippen molar-refractivity contribution in [2.45, 2.75) is 82.8 Å². The van der Waals surface area contributed by atoms with Crippen LogP contribution in [0.3, 0.4) is 0 Å². The number of nitrogens with zero attached hydrogens (tertiary/aromatic N) is 2. The lowest BCUT2D eigenvalue weighted by Gasteiger charge is -2.56. The standard InChI is InChI=1S/C26H34N2O2/c29-24(28(22-8-9-22)17-18-5-2-1-3-6-18)23-7-4-10-27(23)25(30)26-14-19-11-20(15-26)13-21(12-19)16-26/h1-3,5-6,19-23H,4,7-17H2. The molecule has 5 aliphatic carbocycles. The van der Waals surface area contributed by atoms with E-state index in [4.69, 9.17) is 0 Å². The minimum atomic E-state index is -0.227. The van der Waals surface area contributed by atoms with Crippen molar-refractivity contribution < 1.29 is 9.59 Å². The van der Waals surface area contributed by atoms with Crippen molar-refractivity contribution in [1.82, 2.24) is 9.80 Å². The Morgan fingerprint density at radius 1 is 0.933 bits per heavy atom. The summed E-state index contributed by atoms with van der Waals surface area (Å²) in [5.74, 6) is 2.83. The van der Waals surface area contributed by atoms with E-state index in [2.05, 4.69) is 17.0 Å². The van der Waals surface area contributed by atoms with E-state index >= 15 is 0 Å². The Hall–Kier alpha value is -1.84. The molecule has 1 heterocycles. The number of amides is 2. The molecule has 0 spiro atoms. The summed E-state index contributed by atoms with van der Waals surface area (Å²) in [7, 11) is 0.